The minimum absolute atomic E-state index is 0.235. The molecule has 0 aliphatic carbocycles. The third-order valence-electron chi connectivity index (χ3n) is 3.82. The molecule has 1 aromatic carbocycles. The highest BCUT2D eigenvalue weighted by atomic mass is 79.9. The van der Waals surface area contributed by atoms with Crippen molar-refractivity contribution in [3.05, 3.63) is 28.2 Å². The van der Waals surface area contributed by atoms with Crippen molar-refractivity contribution in [2.75, 3.05) is 20.2 Å². The van der Waals surface area contributed by atoms with E-state index in [1.54, 1.807) is 7.11 Å². The third kappa shape index (κ3) is 3.83. The lowest BCUT2D eigenvalue weighted by molar-refractivity contribution is -0.128. The second-order valence-electron chi connectivity index (χ2n) is 5.30. The van der Waals surface area contributed by atoms with Crippen LogP contribution >= 0.6 is 15.9 Å². The van der Waals surface area contributed by atoms with Crippen molar-refractivity contribution >= 4 is 21.7 Å². The summed E-state index contributed by atoms with van der Waals surface area (Å²) in [4.78, 5) is 14.8. The summed E-state index contributed by atoms with van der Waals surface area (Å²) in [7, 11) is 1.63. The van der Waals surface area contributed by atoms with Crippen molar-refractivity contribution in [2.45, 2.75) is 39.7 Å². The Hall–Kier alpha value is -0.870. The van der Waals surface area contributed by atoms with Crippen LogP contribution in [0.3, 0.4) is 0 Å². The lowest BCUT2D eigenvalue weighted by atomic mass is 9.91. The van der Waals surface area contributed by atoms with E-state index in [0.717, 1.165) is 28.9 Å². The number of hydrogen-bond donors (Lipinski definition) is 0. The van der Waals surface area contributed by atoms with Crippen molar-refractivity contribution < 1.29 is 9.53 Å². The monoisotopic (exact) mass is 341 g/mol. The first-order valence-corrected chi connectivity index (χ1v) is 7.76. The first-order valence-electron chi connectivity index (χ1n) is 6.97. The van der Waals surface area contributed by atoms with Gasteiger partial charge in [-0.1, -0.05) is 19.9 Å². The number of likely N-dealkylation sites (N-methyl/N-ethyl adjacent to an activating group) is 1. The standard InChI is InChI=1S/C16H24BrNO2/c1-6-18(7-2)16(3,4)15(19)11-12-8-9-14(20-5)13(17)10-12/h8-10H,6-7,11H2,1-5H3. The summed E-state index contributed by atoms with van der Waals surface area (Å²) in [5.41, 5.74) is 0.568. The second-order valence-corrected chi connectivity index (χ2v) is 6.15. The molecule has 1 aromatic rings. The number of hydrogen-bond acceptors (Lipinski definition) is 3. The molecule has 4 heteroatoms. The highest BCUT2D eigenvalue weighted by molar-refractivity contribution is 9.10. The lowest BCUT2D eigenvalue weighted by Crippen LogP contribution is -2.50. The Morgan fingerprint density at radius 1 is 1.30 bits per heavy atom. The van der Waals surface area contributed by atoms with Gasteiger partial charge in [0.05, 0.1) is 17.1 Å². The van der Waals surface area contributed by atoms with E-state index in [2.05, 4.69) is 34.7 Å². The second kappa shape index (κ2) is 7.23. The van der Waals surface area contributed by atoms with Gasteiger partial charge in [0.2, 0.25) is 0 Å². The van der Waals surface area contributed by atoms with E-state index in [1.807, 2.05) is 32.0 Å². The van der Waals surface area contributed by atoms with Crippen LogP contribution in [0.15, 0.2) is 22.7 Å². The van der Waals surface area contributed by atoms with E-state index in [-0.39, 0.29) is 5.78 Å². The molecule has 0 atom stereocenters. The predicted molar refractivity (Wildman–Crippen MR) is 86.4 cm³/mol. The van der Waals surface area contributed by atoms with Crippen molar-refractivity contribution in [1.29, 1.82) is 0 Å². The summed E-state index contributed by atoms with van der Waals surface area (Å²) in [6.07, 6.45) is 0.437. The minimum atomic E-state index is -0.435. The molecule has 1 rings (SSSR count). The van der Waals surface area contributed by atoms with E-state index >= 15 is 0 Å². The smallest absolute Gasteiger partial charge is 0.156 e. The van der Waals surface area contributed by atoms with Crippen LogP contribution in [0.25, 0.3) is 0 Å². The maximum atomic E-state index is 12.6. The molecule has 0 saturated carbocycles. The zero-order chi connectivity index (χ0) is 15.3. The van der Waals surface area contributed by atoms with Crippen molar-refractivity contribution in [3.63, 3.8) is 0 Å². The minimum Gasteiger partial charge on any atom is -0.496 e. The van der Waals surface area contributed by atoms with Crippen LogP contribution in [-0.4, -0.2) is 36.4 Å². The maximum Gasteiger partial charge on any atom is 0.156 e. The molecule has 0 saturated heterocycles. The third-order valence-corrected chi connectivity index (χ3v) is 4.44. The number of carbonyl (C=O) groups excluding carboxylic acids is 1. The van der Waals surface area contributed by atoms with Gasteiger partial charge in [-0.3, -0.25) is 9.69 Å². The van der Waals surface area contributed by atoms with Crippen LogP contribution in [0.1, 0.15) is 33.3 Å². The molecule has 0 aromatic heterocycles. The first-order chi connectivity index (χ1) is 9.36. The Bertz CT molecular complexity index is 468. The number of methoxy groups -OCH3 is 1. The molecular formula is C16H24BrNO2. The molecule has 20 heavy (non-hydrogen) atoms. The van der Waals surface area contributed by atoms with Gasteiger partial charge in [0.1, 0.15) is 5.75 Å². The van der Waals surface area contributed by atoms with Crippen LogP contribution in [-0.2, 0) is 11.2 Å². The number of halogens is 1. The van der Waals surface area contributed by atoms with Gasteiger partial charge in [0.25, 0.3) is 0 Å². The zero-order valence-electron chi connectivity index (χ0n) is 13.0. The lowest BCUT2D eigenvalue weighted by Gasteiger charge is -2.35. The van der Waals surface area contributed by atoms with Crippen LogP contribution in [0.4, 0.5) is 0 Å². The molecule has 0 spiro atoms. The highest BCUT2D eigenvalue weighted by Gasteiger charge is 2.32. The summed E-state index contributed by atoms with van der Waals surface area (Å²) in [5.74, 6) is 1.02. The van der Waals surface area contributed by atoms with Crippen molar-refractivity contribution in [1.82, 2.24) is 4.90 Å². The average molecular weight is 342 g/mol. The quantitative estimate of drug-likeness (QED) is 0.757. The molecule has 0 radical (unpaired) electrons. The topological polar surface area (TPSA) is 29.5 Å². The average Bonchev–Trinajstić information content (AvgIpc) is 2.40. The van der Waals surface area contributed by atoms with Crippen LogP contribution < -0.4 is 4.74 Å². The van der Waals surface area contributed by atoms with E-state index in [0.29, 0.717) is 6.42 Å². The molecular weight excluding hydrogens is 318 g/mol. The molecule has 0 N–H and O–H groups in total. The summed E-state index contributed by atoms with van der Waals surface area (Å²) in [5, 5.41) is 0. The Morgan fingerprint density at radius 2 is 1.90 bits per heavy atom. The largest absolute Gasteiger partial charge is 0.496 e. The van der Waals surface area contributed by atoms with Gasteiger partial charge in [0, 0.05) is 6.42 Å². The van der Waals surface area contributed by atoms with Gasteiger partial charge >= 0.3 is 0 Å². The normalized spacial score (nSPS) is 11.8. The van der Waals surface area contributed by atoms with E-state index in [9.17, 15) is 4.79 Å². The summed E-state index contributed by atoms with van der Waals surface area (Å²) in [6.45, 7) is 9.93. The van der Waals surface area contributed by atoms with E-state index < -0.39 is 5.54 Å². The van der Waals surface area contributed by atoms with Gasteiger partial charge in [-0.15, -0.1) is 0 Å². The number of ketones is 1. The van der Waals surface area contributed by atoms with Crippen LogP contribution in [0, 0.1) is 0 Å². The molecule has 0 bridgehead atoms. The number of carbonyl (C=O) groups is 1. The summed E-state index contributed by atoms with van der Waals surface area (Å²) >= 11 is 3.46. The van der Waals surface area contributed by atoms with E-state index in [1.165, 1.54) is 0 Å². The molecule has 0 aliphatic rings. The van der Waals surface area contributed by atoms with Gasteiger partial charge in [-0.05, 0) is 60.6 Å². The van der Waals surface area contributed by atoms with Crippen LogP contribution in [0.5, 0.6) is 5.75 Å². The van der Waals surface area contributed by atoms with E-state index in [4.69, 9.17) is 4.74 Å². The molecule has 0 amide bonds. The fourth-order valence-electron chi connectivity index (χ4n) is 2.41. The Balaban J connectivity index is 2.87. The van der Waals surface area contributed by atoms with Crippen molar-refractivity contribution in [3.8, 4) is 5.75 Å². The van der Waals surface area contributed by atoms with Gasteiger partial charge in [0.15, 0.2) is 5.78 Å². The number of rotatable bonds is 7. The molecule has 0 aliphatic heterocycles. The Morgan fingerprint density at radius 3 is 2.35 bits per heavy atom. The Kier molecular flexibility index (Phi) is 6.21. The number of ether oxygens (including phenoxy) is 1. The molecule has 0 fully saturated rings. The fourth-order valence-corrected chi connectivity index (χ4v) is 3.00. The molecule has 3 nitrogen and oxygen atoms in total. The SMILES string of the molecule is CCN(CC)C(C)(C)C(=O)Cc1ccc(OC)c(Br)c1. The first kappa shape index (κ1) is 17.2. The van der Waals surface area contributed by atoms with Gasteiger partial charge in [-0.25, -0.2) is 0 Å². The predicted octanol–water partition coefficient (Wildman–Crippen LogP) is 3.69. The Labute approximate surface area is 130 Å². The number of Topliss-reactive ketones (excluding diaryl/α,β-unsaturated/α-hetero) is 1. The highest BCUT2D eigenvalue weighted by Crippen LogP contribution is 2.27. The van der Waals surface area contributed by atoms with Crippen molar-refractivity contribution in [2.24, 2.45) is 0 Å². The van der Waals surface area contributed by atoms with Crippen LogP contribution in [0.2, 0.25) is 0 Å². The maximum absolute atomic E-state index is 12.6. The number of nitrogens with zero attached hydrogens (tertiary/aromatic N) is 1. The van der Waals surface area contributed by atoms with Gasteiger partial charge < -0.3 is 4.74 Å². The number of benzene rings is 1. The zero-order valence-corrected chi connectivity index (χ0v) is 14.6. The summed E-state index contributed by atoms with van der Waals surface area (Å²) < 4.78 is 6.09. The fraction of sp³-hybridized carbons (Fsp3) is 0.562. The molecule has 0 heterocycles. The molecule has 112 valence electrons. The molecule has 0 unspecified atom stereocenters. The summed E-state index contributed by atoms with van der Waals surface area (Å²) in [6, 6.07) is 5.78. The van der Waals surface area contributed by atoms with Gasteiger partial charge in [-0.2, -0.15) is 0 Å².